The van der Waals surface area contributed by atoms with E-state index in [1.54, 1.807) is 12.1 Å². The maximum Gasteiger partial charge on any atom is 0.278 e. The third-order valence-corrected chi connectivity index (χ3v) is 4.87. The molecule has 2 amide bonds. The molecule has 0 atom stereocenters. The Labute approximate surface area is 174 Å². The zero-order valence-corrected chi connectivity index (χ0v) is 17.1. The van der Waals surface area contributed by atoms with Gasteiger partial charge in [-0.25, -0.2) is 4.39 Å². The van der Waals surface area contributed by atoms with Crippen molar-refractivity contribution in [1.82, 2.24) is 4.90 Å². The molecule has 0 bridgehead atoms. The van der Waals surface area contributed by atoms with Crippen LogP contribution in [0.4, 0.5) is 10.1 Å². The van der Waals surface area contributed by atoms with Crippen LogP contribution in [0.5, 0.6) is 0 Å². The van der Waals surface area contributed by atoms with E-state index in [0.29, 0.717) is 35.9 Å². The third kappa shape index (κ3) is 4.66. The van der Waals surface area contributed by atoms with Crippen LogP contribution >= 0.6 is 11.6 Å². The highest BCUT2D eigenvalue weighted by Gasteiger charge is 2.39. The van der Waals surface area contributed by atoms with Crippen molar-refractivity contribution in [3.63, 3.8) is 0 Å². The Hall–Kier alpha value is -2.70. The summed E-state index contributed by atoms with van der Waals surface area (Å²) in [6, 6.07) is 10.8. The van der Waals surface area contributed by atoms with Crippen molar-refractivity contribution in [3.05, 3.63) is 70.1 Å². The van der Waals surface area contributed by atoms with Gasteiger partial charge in [0.1, 0.15) is 11.5 Å². The van der Waals surface area contributed by atoms with E-state index in [9.17, 15) is 14.0 Å². The van der Waals surface area contributed by atoms with Gasteiger partial charge >= 0.3 is 0 Å². The van der Waals surface area contributed by atoms with E-state index in [0.717, 1.165) is 5.56 Å². The second-order valence-electron chi connectivity index (χ2n) is 6.65. The first-order valence-corrected chi connectivity index (χ1v) is 9.77. The summed E-state index contributed by atoms with van der Waals surface area (Å²) in [5.41, 5.74) is 2.34. The molecule has 0 aliphatic carbocycles. The summed E-state index contributed by atoms with van der Waals surface area (Å²) < 4.78 is 18.7. The molecule has 0 fully saturated rings. The molecule has 1 aliphatic rings. The number of halogens is 2. The summed E-state index contributed by atoms with van der Waals surface area (Å²) in [4.78, 5) is 27.3. The molecule has 1 aliphatic heterocycles. The second kappa shape index (κ2) is 9.20. The van der Waals surface area contributed by atoms with Gasteiger partial charge in [-0.05, 0) is 55.7 Å². The van der Waals surface area contributed by atoms with E-state index in [4.69, 9.17) is 16.3 Å². The standard InChI is InChI=1S/C22H22ClFN2O3/c1-3-29-12-4-11-26-21(27)19(15-6-9-17(24)10-7-15)20(22(26)28)25-18-13-16(23)8-5-14(18)2/h5-10,13,25H,3-4,11-12H2,1-2H3. The van der Waals surface area contributed by atoms with Crippen molar-refractivity contribution in [2.24, 2.45) is 0 Å². The highest BCUT2D eigenvalue weighted by atomic mass is 35.5. The van der Waals surface area contributed by atoms with E-state index in [1.165, 1.54) is 29.2 Å². The molecule has 3 rings (SSSR count). The van der Waals surface area contributed by atoms with Gasteiger partial charge in [-0.15, -0.1) is 0 Å². The lowest BCUT2D eigenvalue weighted by Crippen LogP contribution is -2.34. The number of hydrogen-bond donors (Lipinski definition) is 1. The molecular formula is C22H22ClFN2O3. The number of amides is 2. The van der Waals surface area contributed by atoms with Gasteiger partial charge in [-0.1, -0.05) is 29.8 Å². The number of ether oxygens (including phenoxy) is 1. The van der Waals surface area contributed by atoms with Crippen molar-refractivity contribution >= 4 is 34.7 Å². The molecule has 2 aromatic rings. The molecule has 152 valence electrons. The first-order valence-electron chi connectivity index (χ1n) is 9.39. The monoisotopic (exact) mass is 416 g/mol. The van der Waals surface area contributed by atoms with Gasteiger partial charge < -0.3 is 10.1 Å². The summed E-state index contributed by atoms with van der Waals surface area (Å²) in [6.45, 7) is 5.02. The van der Waals surface area contributed by atoms with Gasteiger partial charge in [-0.2, -0.15) is 0 Å². The Balaban J connectivity index is 1.97. The minimum atomic E-state index is -0.426. The Bertz CT molecular complexity index is 957. The van der Waals surface area contributed by atoms with E-state index >= 15 is 0 Å². The van der Waals surface area contributed by atoms with Crippen molar-refractivity contribution in [2.45, 2.75) is 20.3 Å². The fourth-order valence-electron chi connectivity index (χ4n) is 3.11. The average molecular weight is 417 g/mol. The van der Waals surface area contributed by atoms with Crippen LogP contribution in [0.1, 0.15) is 24.5 Å². The van der Waals surface area contributed by atoms with Gasteiger partial charge in [-0.3, -0.25) is 14.5 Å². The summed E-state index contributed by atoms with van der Waals surface area (Å²) in [5.74, 6) is -1.26. The Morgan fingerprint density at radius 2 is 1.83 bits per heavy atom. The molecule has 2 aromatic carbocycles. The lowest BCUT2D eigenvalue weighted by Gasteiger charge is -2.15. The van der Waals surface area contributed by atoms with E-state index < -0.39 is 17.6 Å². The third-order valence-electron chi connectivity index (χ3n) is 4.63. The average Bonchev–Trinajstić information content (AvgIpc) is 2.93. The van der Waals surface area contributed by atoms with Gasteiger partial charge in [0, 0.05) is 30.5 Å². The van der Waals surface area contributed by atoms with Crippen molar-refractivity contribution < 1.29 is 18.7 Å². The minimum Gasteiger partial charge on any atom is -0.382 e. The van der Waals surface area contributed by atoms with Gasteiger partial charge in [0.2, 0.25) is 0 Å². The lowest BCUT2D eigenvalue weighted by molar-refractivity contribution is -0.137. The van der Waals surface area contributed by atoms with Gasteiger partial charge in [0.25, 0.3) is 11.8 Å². The Morgan fingerprint density at radius 1 is 1.10 bits per heavy atom. The molecular weight excluding hydrogens is 395 g/mol. The highest BCUT2D eigenvalue weighted by molar-refractivity contribution is 6.36. The molecule has 0 saturated heterocycles. The van der Waals surface area contributed by atoms with Crippen LogP contribution in [-0.2, 0) is 14.3 Å². The number of nitrogens with one attached hydrogen (secondary N) is 1. The maximum absolute atomic E-state index is 13.4. The zero-order valence-electron chi connectivity index (χ0n) is 16.3. The molecule has 5 nitrogen and oxygen atoms in total. The highest BCUT2D eigenvalue weighted by Crippen LogP contribution is 2.32. The molecule has 7 heteroatoms. The Morgan fingerprint density at radius 3 is 2.52 bits per heavy atom. The number of imide groups is 1. The smallest absolute Gasteiger partial charge is 0.278 e. The Kier molecular flexibility index (Phi) is 6.67. The number of hydrogen-bond acceptors (Lipinski definition) is 4. The maximum atomic E-state index is 13.4. The summed E-state index contributed by atoms with van der Waals surface area (Å²) >= 11 is 6.09. The number of aryl methyl sites for hydroxylation is 1. The van der Waals surface area contributed by atoms with Crippen LogP contribution in [-0.4, -0.2) is 36.5 Å². The summed E-state index contributed by atoms with van der Waals surface area (Å²) in [6.07, 6.45) is 0.533. The molecule has 1 N–H and O–H groups in total. The number of carbonyl (C=O) groups is 2. The molecule has 1 heterocycles. The largest absolute Gasteiger partial charge is 0.382 e. The number of benzene rings is 2. The van der Waals surface area contributed by atoms with Crippen molar-refractivity contribution in [1.29, 1.82) is 0 Å². The van der Waals surface area contributed by atoms with Gasteiger partial charge in [0.15, 0.2) is 0 Å². The molecule has 29 heavy (non-hydrogen) atoms. The fourth-order valence-corrected chi connectivity index (χ4v) is 3.28. The van der Waals surface area contributed by atoms with Crippen LogP contribution in [0.3, 0.4) is 0 Å². The predicted molar refractivity (Wildman–Crippen MR) is 111 cm³/mol. The zero-order chi connectivity index (χ0) is 21.0. The minimum absolute atomic E-state index is 0.156. The van der Waals surface area contributed by atoms with Crippen LogP contribution < -0.4 is 5.32 Å². The van der Waals surface area contributed by atoms with Crippen LogP contribution in [0.2, 0.25) is 5.02 Å². The first kappa shape index (κ1) is 21.0. The number of nitrogens with zero attached hydrogens (tertiary/aromatic N) is 1. The predicted octanol–water partition coefficient (Wildman–Crippen LogP) is 4.41. The first-order chi connectivity index (χ1) is 13.9. The molecule has 0 spiro atoms. The summed E-state index contributed by atoms with van der Waals surface area (Å²) in [7, 11) is 0. The second-order valence-corrected chi connectivity index (χ2v) is 7.09. The van der Waals surface area contributed by atoms with E-state index in [-0.39, 0.29) is 17.8 Å². The molecule has 0 unspecified atom stereocenters. The van der Waals surface area contributed by atoms with Crippen LogP contribution in [0, 0.1) is 12.7 Å². The van der Waals surface area contributed by atoms with Gasteiger partial charge in [0.05, 0.1) is 5.57 Å². The molecule has 0 aromatic heterocycles. The number of rotatable bonds is 8. The number of carbonyl (C=O) groups excluding carboxylic acids is 2. The normalized spacial score (nSPS) is 14.1. The van der Waals surface area contributed by atoms with Crippen LogP contribution in [0.25, 0.3) is 5.57 Å². The van der Waals surface area contributed by atoms with Crippen LogP contribution in [0.15, 0.2) is 48.2 Å². The topological polar surface area (TPSA) is 58.6 Å². The number of anilines is 1. The molecule has 0 radical (unpaired) electrons. The van der Waals surface area contributed by atoms with Crippen molar-refractivity contribution in [3.8, 4) is 0 Å². The summed E-state index contributed by atoms with van der Waals surface area (Å²) in [5, 5.41) is 3.59. The van der Waals surface area contributed by atoms with Crippen molar-refractivity contribution in [2.75, 3.05) is 25.1 Å². The van der Waals surface area contributed by atoms with E-state index in [1.807, 2.05) is 19.9 Å². The quantitative estimate of drug-likeness (QED) is 0.511. The SMILES string of the molecule is CCOCCCN1C(=O)C(Nc2cc(Cl)ccc2C)=C(c2ccc(F)cc2)C1=O. The lowest BCUT2D eigenvalue weighted by atomic mass is 10.0. The molecule has 0 saturated carbocycles. The fraction of sp³-hybridized carbons (Fsp3) is 0.273. The van der Waals surface area contributed by atoms with E-state index in [2.05, 4.69) is 5.32 Å².